The minimum Gasteiger partial charge on any atom is -0.462 e. The van der Waals surface area contributed by atoms with Gasteiger partial charge < -0.3 is 33.8 Å². The maximum atomic E-state index is 13.1. The Labute approximate surface area is 632 Å². The van der Waals surface area contributed by atoms with Gasteiger partial charge in [0, 0.05) is 25.7 Å². The summed E-state index contributed by atoms with van der Waals surface area (Å²) < 4.78 is 68.7. The van der Waals surface area contributed by atoms with E-state index in [1.165, 1.54) is 57.8 Å². The monoisotopic (exact) mass is 1500 g/mol. The molecule has 5 atom stereocenters. The van der Waals surface area contributed by atoms with E-state index in [2.05, 4.69) is 137 Å². The van der Waals surface area contributed by atoms with Gasteiger partial charge in [-0.25, -0.2) is 9.13 Å². The molecule has 0 bridgehead atoms. The molecule has 0 aliphatic rings. The van der Waals surface area contributed by atoms with Crippen molar-refractivity contribution in [2.45, 2.75) is 367 Å². The van der Waals surface area contributed by atoms with Crippen LogP contribution in [0.25, 0.3) is 0 Å². The molecule has 0 saturated carbocycles. The summed E-state index contributed by atoms with van der Waals surface area (Å²) in [4.78, 5) is 73.1. The van der Waals surface area contributed by atoms with Crippen molar-refractivity contribution in [3.05, 3.63) is 109 Å². The minimum absolute atomic E-state index is 0.0749. The van der Waals surface area contributed by atoms with E-state index in [4.69, 9.17) is 37.0 Å². The van der Waals surface area contributed by atoms with Crippen LogP contribution in [-0.2, 0) is 65.4 Å². The van der Waals surface area contributed by atoms with E-state index in [1.54, 1.807) is 0 Å². The summed E-state index contributed by atoms with van der Waals surface area (Å²) in [6.45, 7) is 4.66. The molecule has 0 aromatic rings. The van der Waals surface area contributed by atoms with E-state index in [9.17, 15) is 43.2 Å². The Morgan fingerprint density at radius 1 is 0.279 bits per heavy atom. The molecule has 17 nitrogen and oxygen atoms in total. The van der Waals surface area contributed by atoms with Crippen LogP contribution in [0.3, 0.4) is 0 Å². The van der Waals surface area contributed by atoms with E-state index in [0.717, 1.165) is 212 Å². The number of phosphoric acid groups is 2. The molecule has 0 radical (unpaired) electrons. The zero-order chi connectivity index (χ0) is 76.0. The lowest BCUT2D eigenvalue weighted by Gasteiger charge is -2.21. The fourth-order valence-electron chi connectivity index (χ4n) is 10.9. The Balaban J connectivity index is 5.36. The third kappa shape index (κ3) is 75.9. The van der Waals surface area contributed by atoms with Crippen molar-refractivity contribution in [2.75, 3.05) is 39.6 Å². The number of phosphoric ester groups is 2. The first-order valence-corrected chi connectivity index (χ1v) is 44.1. The predicted octanol–water partition coefficient (Wildman–Crippen LogP) is 24.1. The quantitative estimate of drug-likeness (QED) is 0.0169. The molecule has 0 aromatic carbocycles. The number of ether oxygens (including phenoxy) is 4. The lowest BCUT2D eigenvalue weighted by molar-refractivity contribution is -0.161. The molecule has 0 aromatic heterocycles. The van der Waals surface area contributed by atoms with Crippen molar-refractivity contribution in [1.29, 1.82) is 0 Å². The molecule has 3 N–H and O–H groups in total. The van der Waals surface area contributed by atoms with Gasteiger partial charge in [-0.3, -0.25) is 37.3 Å². The van der Waals surface area contributed by atoms with Crippen LogP contribution in [0.4, 0.5) is 0 Å². The standard InChI is InChI=1S/C85H148O17P2/c1-5-9-13-17-21-25-29-33-36-38-39-41-44-47-50-54-58-62-66-70-83(88)95-75-80(101-84(89)71-67-63-59-55-51-45-32-28-24-20-16-12-8-4)77-99-103(91,92)97-73-79(86)74-98-104(93,94)100-78-81(102-85(90)72-68-64-60-56-52-48-42-35-31-27-23-19-15-11-7-3)76-96-82(87)69-65-61-57-53-49-46-43-40-37-34-30-26-22-18-14-10-6-2/h10,14,16,20-22,25-26,28,32-37,39,41-42,79-81,86H,5-9,11-13,15,17-19,23-24,27,29-31,38,40,43-78H2,1-4H3,(H,91,92)(H,93,94)/b14-10-,20-16-,25-21-,26-22-,32-28-,36-33-,37-34-,41-39-,42-35-. The Morgan fingerprint density at radius 2 is 0.519 bits per heavy atom. The number of unbranched alkanes of at least 4 members (excludes halogenated alkanes) is 33. The first-order valence-electron chi connectivity index (χ1n) is 41.1. The lowest BCUT2D eigenvalue weighted by Crippen LogP contribution is -2.30. The number of hydrogen-bond acceptors (Lipinski definition) is 15. The van der Waals surface area contributed by atoms with Gasteiger partial charge in [0.2, 0.25) is 0 Å². The van der Waals surface area contributed by atoms with Gasteiger partial charge >= 0.3 is 39.5 Å². The van der Waals surface area contributed by atoms with E-state index in [-0.39, 0.29) is 25.7 Å². The number of rotatable bonds is 77. The minimum atomic E-state index is -4.99. The van der Waals surface area contributed by atoms with Crippen molar-refractivity contribution >= 4 is 39.5 Å². The average molecular weight is 1500 g/mol. The van der Waals surface area contributed by atoms with Crippen LogP contribution in [0, 0.1) is 0 Å². The van der Waals surface area contributed by atoms with Crippen LogP contribution in [0.2, 0.25) is 0 Å². The fourth-order valence-corrected chi connectivity index (χ4v) is 12.5. The molecule has 0 rings (SSSR count). The van der Waals surface area contributed by atoms with Gasteiger partial charge in [-0.15, -0.1) is 0 Å². The van der Waals surface area contributed by atoms with Crippen molar-refractivity contribution in [1.82, 2.24) is 0 Å². The SMILES string of the molecule is CC/C=C\C/C=C\C/C=C\CCCCCCCCCC(=O)OCC(COP(=O)(O)OCC(O)COP(=O)(O)OCC(COC(=O)CCCCCCCC/C=C\C/C=C\C/C=C\CCCCC)OC(=O)CCCCCCC/C=C\C/C=C\CCC)OC(=O)CCCCCCC/C=C\CCCCCCCC. The molecule has 0 amide bonds. The van der Waals surface area contributed by atoms with Gasteiger partial charge in [0.05, 0.1) is 26.4 Å². The molecular formula is C85H148O17P2. The van der Waals surface area contributed by atoms with Crippen LogP contribution in [-0.4, -0.2) is 96.7 Å². The van der Waals surface area contributed by atoms with Crippen LogP contribution >= 0.6 is 15.6 Å². The predicted molar refractivity (Wildman–Crippen MR) is 427 cm³/mol. The first-order chi connectivity index (χ1) is 50.7. The Bertz CT molecular complexity index is 2390. The number of carbonyl (C=O) groups excluding carboxylic acids is 4. The number of allylic oxidation sites excluding steroid dienone is 18. The van der Waals surface area contributed by atoms with Gasteiger partial charge in [0.15, 0.2) is 12.2 Å². The number of aliphatic hydroxyl groups is 1. The fraction of sp³-hybridized carbons (Fsp3) is 0.741. The normalized spacial score (nSPS) is 14.4. The highest BCUT2D eigenvalue weighted by atomic mass is 31.2. The lowest BCUT2D eigenvalue weighted by atomic mass is 10.1. The van der Waals surface area contributed by atoms with Crippen LogP contribution in [0.1, 0.15) is 349 Å². The highest BCUT2D eigenvalue weighted by Crippen LogP contribution is 2.45. The summed E-state index contributed by atoms with van der Waals surface area (Å²) in [5.74, 6) is -2.21. The Morgan fingerprint density at radius 3 is 0.837 bits per heavy atom. The summed E-state index contributed by atoms with van der Waals surface area (Å²) in [7, 11) is -9.97. The number of aliphatic hydroxyl groups excluding tert-OH is 1. The van der Waals surface area contributed by atoms with Crippen molar-refractivity contribution in [3.63, 3.8) is 0 Å². The van der Waals surface area contributed by atoms with Gasteiger partial charge in [0.25, 0.3) is 0 Å². The van der Waals surface area contributed by atoms with Crippen molar-refractivity contribution in [3.8, 4) is 0 Å². The highest BCUT2D eigenvalue weighted by molar-refractivity contribution is 7.47. The molecule has 0 heterocycles. The van der Waals surface area contributed by atoms with E-state index >= 15 is 0 Å². The van der Waals surface area contributed by atoms with E-state index in [0.29, 0.717) is 25.7 Å². The van der Waals surface area contributed by atoms with Gasteiger partial charge in [-0.1, -0.05) is 285 Å². The average Bonchev–Trinajstić information content (AvgIpc) is 0.939. The summed E-state index contributed by atoms with van der Waals surface area (Å²) in [6.07, 6.45) is 83.4. The second-order valence-electron chi connectivity index (χ2n) is 27.3. The Hall–Kier alpha value is -4.28. The molecular weight excluding hydrogens is 1350 g/mol. The van der Waals surface area contributed by atoms with Gasteiger partial charge in [0.1, 0.15) is 19.3 Å². The third-order valence-electron chi connectivity index (χ3n) is 17.2. The van der Waals surface area contributed by atoms with Crippen molar-refractivity contribution < 1.29 is 80.2 Å². The molecule has 5 unspecified atom stereocenters. The molecule has 19 heteroatoms. The topological polar surface area (TPSA) is 237 Å². The highest BCUT2D eigenvalue weighted by Gasteiger charge is 2.30. The van der Waals surface area contributed by atoms with Gasteiger partial charge in [-0.2, -0.15) is 0 Å². The molecule has 0 fully saturated rings. The number of carbonyl (C=O) groups is 4. The second kappa shape index (κ2) is 76.9. The first kappa shape index (κ1) is 99.7. The summed E-state index contributed by atoms with van der Waals surface area (Å²) >= 11 is 0. The summed E-state index contributed by atoms with van der Waals surface area (Å²) in [6, 6.07) is 0. The van der Waals surface area contributed by atoms with Crippen LogP contribution < -0.4 is 0 Å². The second-order valence-corrected chi connectivity index (χ2v) is 30.2. The molecule has 0 spiro atoms. The van der Waals surface area contributed by atoms with Crippen LogP contribution in [0.5, 0.6) is 0 Å². The maximum Gasteiger partial charge on any atom is 0.472 e. The molecule has 104 heavy (non-hydrogen) atoms. The third-order valence-corrected chi connectivity index (χ3v) is 19.1. The smallest absolute Gasteiger partial charge is 0.462 e. The van der Waals surface area contributed by atoms with Crippen LogP contribution in [0.15, 0.2) is 109 Å². The van der Waals surface area contributed by atoms with E-state index < -0.39 is 97.5 Å². The number of hydrogen-bond donors (Lipinski definition) is 3. The molecule has 0 saturated heterocycles. The maximum absolute atomic E-state index is 13.1. The largest absolute Gasteiger partial charge is 0.472 e. The summed E-state index contributed by atoms with van der Waals surface area (Å²) in [5.41, 5.74) is 0. The van der Waals surface area contributed by atoms with E-state index in [1.807, 2.05) is 0 Å². The molecule has 0 aliphatic carbocycles. The Kier molecular flexibility index (Phi) is 73.7. The van der Waals surface area contributed by atoms with Gasteiger partial charge in [-0.05, 0) is 148 Å². The number of esters is 4. The van der Waals surface area contributed by atoms with Crippen molar-refractivity contribution in [2.24, 2.45) is 0 Å². The molecule has 0 aliphatic heterocycles. The zero-order valence-corrected chi connectivity index (χ0v) is 67.5. The molecule has 600 valence electrons. The zero-order valence-electron chi connectivity index (χ0n) is 65.7. The summed E-state index contributed by atoms with van der Waals surface area (Å²) in [5, 5.41) is 10.6.